The van der Waals surface area contributed by atoms with Crippen LogP contribution in [0.1, 0.15) is 24.5 Å². The molecule has 0 amide bonds. The highest BCUT2D eigenvalue weighted by atomic mass is 16.5. The van der Waals surface area contributed by atoms with Crippen LogP contribution in [-0.4, -0.2) is 12.4 Å². The molecule has 2 aromatic rings. The van der Waals surface area contributed by atoms with Crippen LogP contribution in [-0.2, 0) is 9.53 Å². The first-order valence-electron chi connectivity index (χ1n) is 5.96. The molecule has 0 radical (unpaired) electrons. The first-order chi connectivity index (χ1) is 8.36. The van der Waals surface area contributed by atoms with Crippen LogP contribution in [0.4, 0.5) is 0 Å². The molecule has 1 aliphatic rings. The molecule has 86 valence electrons. The molecule has 0 aliphatic carbocycles. The van der Waals surface area contributed by atoms with Crippen LogP contribution in [0.2, 0.25) is 0 Å². The zero-order valence-electron chi connectivity index (χ0n) is 9.50. The van der Waals surface area contributed by atoms with Gasteiger partial charge in [0, 0.05) is 0 Å². The molecule has 1 heterocycles. The Bertz CT molecular complexity index is 547. The van der Waals surface area contributed by atoms with E-state index in [1.165, 1.54) is 16.3 Å². The Kier molecular flexibility index (Phi) is 2.65. The van der Waals surface area contributed by atoms with Crippen molar-refractivity contribution in [1.82, 2.24) is 0 Å². The van der Waals surface area contributed by atoms with Gasteiger partial charge in [0.05, 0.1) is 6.10 Å². The van der Waals surface area contributed by atoms with Crippen molar-refractivity contribution in [2.45, 2.75) is 25.0 Å². The molecule has 0 aromatic heterocycles. The maximum Gasteiger partial charge on any atom is 0.148 e. The van der Waals surface area contributed by atoms with E-state index in [-0.39, 0.29) is 12.2 Å². The van der Waals surface area contributed by atoms with Crippen molar-refractivity contribution < 1.29 is 9.53 Å². The third kappa shape index (κ3) is 1.96. The van der Waals surface area contributed by atoms with Crippen molar-refractivity contribution in [2.75, 3.05) is 0 Å². The summed E-state index contributed by atoms with van der Waals surface area (Å²) in [6.45, 7) is 0. The van der Waals surface area contributed by atoms with E-state index in [1.54, 1.807) is 0 Å². The summed E-state index contributed by atoms with van der Waals surface area (Å²) in [5.74, 6) is 0. The topological polar surface area (TPSA) is 26.3 Å². The Morgan fingerprint density at radius 3 is 2.65 bits per heavy atom. The second kappa shape index (κ2) is 4.30. The van der Waals surface area contributed by atoms with Gasteiger partial charge in [0.2, 0.25) is 0 Å². The molecule has 17 heavy (non-hydrogen) atoms. The van der Waals surface area contributed by atoms with Crippen LogP contribution >= 0.6 is 0 Å². The van der Waals surface area contributed by atoms with Crippen molar-refractivity contribution >= 4 is 17.1 Å². The second-order valence-corrected chi connectivity index (χ2v) is 4.48. The number of carbonyl (C=O) groups is 1. The van der Waals surface area contributed by atoms with Crippen molar-refractivity contribution in [3.63, 3.8) is 0 Å². The molecule has 2 nitrogen and oxygen atoms in total. The van der Waals surface area contributed by atoms with E-state index >= 15 is 0 Å². The lowest BCUT2D eigenvalue weighted by Gasteiger charge is -2.11. The second-order valence-electron chi connectivity index (χ2n) is 4.48. The maximum atomic E-state index is 10.7. The summed E-state index contributed by atoms with van der Waals surface area (Å²) in [6, 6.07) is 14.6. The smallest absolute Gasteiger partial charge is 0.148 e. The fraction of sp³-hybridized carbons (Fsp3) is 0.267. The van der Waals surface area contributed by atoms with E-state index in [0.717, 1.165) is 19.1 Å². The third-order valence-corrected chi connectivity index (χ3v) is 3.35. The average Bonchev–Trinajstić information content (AvgIpc) is 2.87. The zero-order valence-corrected chi connectivity index (χ0v) is 9.50. The Balaban J connectivity index is 1.93. The maximum absolute atomic E-state index is 10.7. The Labute approximate surface area is 100 Å². The highest BCUT2D eigenvalue weighted by molar-refractivity contribution is 5.83. The van der Waals surface area contributed by atoms with Gasteiger partial charge >= 0.3 is 0 Å². The van der Waals surface area contributed by atoms with E-state index < -0.39 is 0 Å². The predicted octanol–water partition coefficient (Wildman–Crippen LogP) is 3.26. The van der Waals surface area contributed by atoms with Crippen LogP contribution in [0, 0.1) is 0 Å². The quantitative estimate of drug-likeness (QED) is 0.735. The Hall–Kier alpha value is -1.67. The molecule has 2 heteroatoms. The van der Waals surface area contributed by atoms with E-state index in [9.17, 15) is 4.79 Å². The summed E-state index contributed by atoms with van der Waals surface area (Å²) in [6.07, 6.45) is 2.53. The van der Waals surface area contributed by atoms with Gasteiger partial charge in [-0.25, -0.2) is 0 Å². The van der Waals surface area contributed by atoms with Crippen molar-refractivity contribution in [1.29, 1.82) is 0 Å². The molecule has 2 atom stereocenters. The van der Waals surface area contributed by atoms with Gasteiger partial charge in [-0.2, -0.15) is 0 Å². The summed E-state index contributed by atoms with van der Waals surface area (Å²) in [7, 11) is 0. The highest BCUT2D eigenvalue weighted by Gasteiger charge is 2.25. The number of aldehydes is 1. The molecule has 2 aromatic carbocycles. The molecule has 1 aliphatic heterocycles. The van der Waals surface area contributed by atoms with Crippen LogP contribution in [0.15, 0.2) is 42.5 Å². The van der Waals surface area contributed by atoms with E-state index in [1.807, 2.05) is 12.1 Å². The first kappa shape index (κ1) is 10.5. The summed E-state index contributed by atoms with van der Waals surface area (Å²) >= 11 is 0. The number of ether oxygens (including phenoxy) is 1. The lowest BCUT2D eigenvalue weighted by Crippen LogP contribution is -2.07. The fourth-order valence-electron chi connectivity index (χ4n) is 2.42. The predicted molar refractivity (Wildman–Crippen MR) is 66.9 cm³/mol. The van der Waals surface area contributed by atoms with Crippen LogP contribution < -0.4 is 0 Å². The Morgan fingerprint density at radius 2 is 1.88 bits per heavy atom. The van der Waals surface area contributed by atoms with E-state index in [4.69, 9.17) is 4.74 Å². The lowest BCUT2D eigenvalue weighted by atomic mass is 10.0. The monoisotopic (exact) mass is 226 g/mol. The summed E-state index contributed by atoms with van der Waals surface area (Å²) in [4.78, 5) is 10.7. The summed E-state index contributed by atoms with van der Waals surface area (Å²) < 4.78 is 5.68. The number of carbonyl (C=O) groups excluding carboxylic acids is 1. The van der Waals surface area contributed by atoms with Gasteiger partial charge in [0.15, 0.2) is 0 Å². The normalized spacial score (nSPS) is 24.0. The average molecular weight is 226 g/mol. The molecular weight excluding hydrogens is 212 g/mol. The van der Waals surface area contributed by atoms with Crippen LogP contribution in [0.3, 0.4) is 0 Å². The van der Waals surface area contributed by atoms with Gasteiger partial charge in [-0.15, -0.1) is 0 Å². The minimum atomic E-state index is -0.216. The minimum Gasteiger partial charge on any atom is -0.363 e. The molecule has 3 rings (SSSR count). The largest absolute Gasteiger partial charge is 0.363 e. The Morgan fingerprint density at radius 1 is 1.06 bits per heavy atom. The van der Waals surface area contributed by atoms with Crippen molar-refractivity contribution in [3.8, 4) is 0 Å². The number of hydrogen-bond donors (Lipinski definition) is 0. The van der Waals surface area contributed by atoms with Gasteiger partial charge in [0.1, 0.15) is 12.4 Å². The van der Waals surface area contributed by atoms with Gasteiger partial charge in [-0.1, -0.05) is 36.4 Å². The number of benzene rings is 2. The van der Waals surface area contributed by atoms with Gasteiger partial charge < -0.3 is 9.53 Å². The lowest BCUT2D eigenvalue weighted by molar-refractivity contribution is -0.117. The molecule has 0 spiro atoms. The molecule has 1 saturated heterocycles. The standard InChI is InChI=1S/C15H14O2/c16-10-14-7-8-15(17-14)13-6-5-11-3-1-2-4-12(11)9-13/h1-6,9-10,14-15H,7-8H2. The third-order valence-electron chi connectivity index (χ3n) is 3.35. The minimum absolute atomic E-state index is 0.0785. The number of rotatable bonds is 2. The fourth-order valence-corrected chi connectivity index (χ4v) is 2.42. The number of hydrogen-bond acceptors (Lipinski definition) is 2. The summed E-state index contributed by atoms with van der Waals surface area (Å²) in [5.41, 5.74) is 1.17. The van der Waals surface area contributed by atoms with Crippen LogP contribution in [0.25, 0.3) is 10.8 Å². The highest BCUT2D eigenvalue weighted by Crippen LogP contribution is 2.33. The molecular formula is C15H14O2. The van der Waals surface area contributed by atoms with Crippen molar-refractivity contribution in [2.24, 2.45) is 0 Å². The van der Waals surface area contributed by atoms with E-state index in [2.05, 4.69) is 30.3 Å². The molecule has 0 N–H and O–H groups in total. The van der Waals surface area contributed by atoms with Gasteiger partial charge in [0.25, 0.3) is 0 Å². The van der Waals surface area contributed by atoms with E-state index in [0.29, 0.717) is 0 Å². The van der Waals surface area contributed by atoms with Crippen molar-refractivity contribution in [3.05, 3.63) is 48.0 Å². The molecule has 0 saturated carbocycles. The SMILES string of the molecule is O=CC1CCC(c2ccc3ccccc3c2)O1. The van der Waals surface area contributed by atoms with Crippen LogP contribution in [0.5, 0.6) is 0 Å². The van der Waals surface area contributed by atoms with Gasteiger partial charge in [-0.3, -0.25) is 0 Å². The van der Waals surface area contributed by atoms with Gasteiger partial charge in [-0.05, 0) is 35.2 Å². The summed E-state index contributed by atoms with van der Waals surface area (Å²) in [5, 5.41) is 2.46. The first-order valence-corrected chi connectivity index (χ1v) is 5.96. The molecule has 0 bridgehead atoms. The molecule has 2 unspecified atom stereocenters. The zero-order chi connectivity index (χ0) is 11.7. The molecule has 1 fully saturated rings. The number of fused-ring (bicyclic) bond motifs is 1.